The first-order valence-electron chi connectivity index (χ1n) is 11.7. The summed E-state index contributed by atoms with van der Waals surface area (Å²) < 4.78 is 21.2. The maximum Gasteiger partial charge on any atom is 0.330 e. The third kappa shape index (κ3) is 8.47. The third-order valence-corrected chi connectivity index (χ3v) is 5.37. The van der Waals surface area contributed by atoms with Crippen molar-refractivity contribution in [3.8, 4) is 11.5 Å². The zero-order valence-corrected chi connectivity index (χ0v) is 20.1. The normalized spacial score (nSPS) is 10.4. The molecule has 3 aromatic rings. The van der Waals surface area contributed by atoms with Crippen molar-refractivity contribution in [2.24, 2.45) is 0 Å². The maximum absolute atomic E-state index is 11.1. The number of esters is 2. The number of hydrogen-bond acceptors (Lipinski definition) is 6. The number of carbonyl (C=O) groups is 2. The fourth-order valence-corrected chi connectivity index (χ4v) is 3.59. The molecule has 0 aliphatic carbocycles. The van der Waals surface area contributed by atoms with Gasteiger partial charge in [0.1, 0.15) is 37.9 Å². The SMILES string of the molecule is C=CC(=O)OCCOc1ccc(C(Cc2ccccc2)c2ccc(OCCOC(=O)C=C)cc2)cc1. The summed E-state index contributed by atoms with van der Waals surface area (Å²) in [5, 5.41) is 0. The van der Waals surface area contributed by atoms with Crippen LogP contribution in [0, 0.1) is 0 Å². The van der Waals surface area contributed by atoms with Crippen LogP contribution in [-0.2, 0) is 25.5 Å². The van der Waals surface area contributed by atoms with Crippen molar-refractivity contribution in [1.29, 1.82) is 0 Å². The van der Waals surface area contributed by atoms with E-state index >= 15 is 0 Å². The Kier molecular flexibility index (Phi) is 10.3. The predicted molar refractivity (Wildman–Crippen MR) is 138 cm³/mol. The number of rotatable bonds is 14. The Balaban J connectivity index is 1.67. The number of carbonyl (C=O) groups excluding carboxylic acids is 2. The summed E-state index contributed by atoms with van der Waals surface area (Å²) >= 11 is 0. The summed E-state index contributed by atoms with van der Waals surface area (Å²) in [6.07, 6.45) is 3.08. The molecule has 3 rings (SSSR count). The molecule has 0 unspecified atom stereocenters. The van der Waals surface area contributed by atoms with E-state index in [1.165, 1.54) is 5.56 Å². The van der Waals surface area contributed by atoms with Crippen LogP contribution in [0.4, 0.5) is 0 Å². The molecule has 0 saturated heterocycles. The van der Waals surface area contributed by atoms with Crippen LogP contribution in [-0.4, -0.2) is 38.4 Å². The molecular formula is C30H30O6. The van der Waals surface area contributed by atoms with E-state index in [1.807, 2.05) is 42.5 Å². The van der Waals surface area contributed by atoms with Crippen LogP contribution in [0.1, 0.15) is 22.6 Å². The van der Waals surface area contributed by atoms with Crippen molar-refractivity contribution in [3.63, 3.8) is 0 Å². The van der Waals surface area contributed by atoms with Crippen molar-refractivity contribution in [2.75, 3.05) is 26.4 Å². The molecule has 6 nitrogen and oxygen atoms in total. The molecule has 36 heavy (non-hydrogen) atoms. The van der Waals surface area contributed by atoms with Gasteiger partial charge in [-0.3, -0.25) is 0 Å². The van der Waals surface area contributed by atoms with Gasteiger partial charge < -0.3 is 18.9 Å². The van der Waals surface area contributed by atoms with E-state index in [0.29, 0.717) is 11.5 Å². The molecule has 0 fully saturated rings. The molecular weight excluding hydrogens is 456 g/mol. The van der Waals surface area contributed by atoms with E-state index < -0.39 is 11.9 Å². The average Bonchev–Trinajstić information content (AvgIpc) is 2.93. The minimum atomic E-state index is -0.467. The summed E-state index contributed by atoms with van der Waals surface area (Å²) in [6.45, 7) is 7.59. The summed E-state index contributed by atoms with van der Waals surface area (Å²) in [6, 6.07) is 26.2. The molecule has 3 aromatic carbocycles. The van der Waals surface area contributed by atoms with Gasteiger partial charge in [0.15, 0.2) is 0 Å². The Labute approximate surface area is 211 Å². The van der Waals surface area contributed by atoms with Gasteiger partial charge in [-0.15, -0.1) is 0 Å². The highest BCUT2D eigenvalue weighted by molar-refractivity contribution is 5.81. The second-order valence-electron chi connectivity index (χ2n) is 7.82. The van der Waals surface area contributed by atoms with Gasteiger partial charge >= 0.3 is 11.9 Å². The van der Waals surface area contributed by atoms with Gasteiger partial charge in [-0.25, -0.2) is 9.59 Å². The van der Waals surface area contributed by atoms with Crippen LogP contribution in [0.15, 0.2) is 104 Å². The molecule has 0 heterocycles. The zero-order chi connectivity index (χ0) is 25.6. The Hall–Kier alpha value is -4.32. The average molecular weight is 487 g/mol. The van der Waals surface area contributed by atoms with E-state index in [0.717, 1.165) is 29.7 Å². The van der Waals surface area contributed by atoms with E-state index in [1.54, 1.807) is 0 Å². The molecule has 0 radical (unpaired) electrons. The molecule has 0 N–H and O–H groups in total. The second-order valence-corrected chi connectivity index (χ2v) is 7.82. The lowest BCUT2D eigenvalue weighted by atomic mass is 9.86. The molecule has 186 valence electrons. The Morgan fingerprint density at radius 2 is 1.08 bits per heavy atom. The number of hydrogen-bond donors (Lipinski definition) is 0. The fraction of sp³-hybridized carbons (Fsp3) is 0.200. The van der Waals surface area contributed by atoms with Crippen molar-refractivity contribution < 1.29 is 28.5 Å². The molecule has 0 atom stereocenters. The molecule has 0 aliphatic rings. The lowest BCUT2D eigenvalue weighted by Crippen LogP contribution is -2.10. The monoisotopic (exact) mass is 486 g/mol. The van der Waals surface area contributed by atoms with Crippen molar-refractivity contribution in [2.45, 2.75) is 12.3 Å². The smallest absolute Gasteiger partial charge is 0.330 e. The van der Waals surface area contributed by atoms with Crippen molar-refractivity contribution in [3.05, 3.63) is 121 Å². The first-order chi connectivity index (χ1) is 17.6. The minimum absolute atomic E-state index is 0.123. The van der Waals surface area contributed by atoms with Gasteiger partial charge in [-0.05, 0) is 47.4 Å². The van der Waals surface area contributed by atoms with E-state index in [-0.39, 0.29) is 32.3 Å². The van der Waals surface area contributed by atoms with Crippen LogP contribution in [0.25, 0.3) is 0 Å². The molecule has 0 spiro atoms. The zero-order valence-electron chi connectivity index (χ0n) is 20.1. The lowest BCUT2D eigenvalue weighted by Gasteiger charge is -2.19. The van der Waals surface area contributed by atoms with Gasteiger partial charge in [-0.2, -0.15) is 0 Å². The highest BCUT2D eigenvalue weighted by Gasteiger charge is 2.16. The molecule has 0 aromatic heterocycles. The van der Waals surface area contributed by atoms with E-state index in [2.05, 4.69) is 49.6 Å². The Bertz CT molecular complexity index is 1050. The lowest BCUT2D eigenvalue weighted by molar-refractivity contribution is -0.139. The minimum Gasteiger partial charge on any atom is -0.490 e. The van der Waals surface area contributed by atoms with Crippen LogP contribution in [0.3, 0.4) is 0 Å². The Morgan fingerprint density at radius 1 is 0.639 bits per heavy atom. The van der Waals surface area contributed by atoms with Crippen LogP contribution < -0.4 is 9.47 Å². The second kappa shape index (κ2) is 14.2. The highest BCUT2D eigenvalue weighted by atomic mass is 16.6. The standard InChI is InChI=1S/C30H30O6/c1-3-29(31)35-20-18-33-26-14-10-24(11-15-26)28(22-23-8-6-5-7-9-23)25-12-16-27(17-13-25)34-19-21-36-30(32)4-2/h3-17,28H,1-2,18-22H2. The third-order valence-electron chi connectivity index (χ3n) is 5.37. The van der Waals surface area contributed by atoms with E-state index in [4.69, 9.17) is 18.9 Å². The summed E-state index contributed by atoms with van der Waals surface area (Å²) in [5.41, 5.74) is 3.53. The number of benzene rings is 3. The summed E-state index contributed by atoms with van der Waals surface area (Å²) in [7, 11) is 0. The largest absolute Gasteiger partial charge is 0.490 e. The molecule has 0 saturated carbocycles. The first-order valence-corrected chi connectivity index (χ1v) is 11.7. The quantitative estimate of drug-likeness (QED) is 0.175. The van der Waals surface area contributed by atoms with Gasteiger partial charge in [0.2, 0.25) is 0 Å². The number of ether oxygens (including phenoxy) is 4. The fourth-order valence-electron chi connectivity index (χ4n) is 3.59. The molecule has 0 aliphatic heterocycles. The van der Waals surface area contributed by atoms with Crippen LogP contribution in [0.2, 0.25) is 0 Å². The highest BCUT2D eigenvalue weighted by Crippen LogP contribution is 2.31. The molecule has 6 heteroatoms. The van der Waals surface area contributed by atoms with Gasteiger partial charge in [0, 0.05) is 18.1 Å². The predicted octanol–water partition coefficient (Wildman–Crippen LogP) is 5.28. The van der Waals surface area contributed by atoms with Crippen molar-refractivity contribution >= 4 is 11.9 Å². The molecule has 0 amide bonds. The molecule has 0 bridgehead atoms. The van der Waals surface area contributed by atoms with Gasteiger partial charge in [0.05, 0.1) is 0 Å². The summed E-state index contributed by atoms with van der Waals surface area (Å²) in [4.78, 5) is 22.3. The van der Waals surface area contributed by atoms with Crippen molar-refractivity contribution in [1.82, 2.24) is 0 Å². The first kappa shape index (κ1) is 26.3. The topological polar surface area (TPSA) is 71.1 Å². The van der Waals surface area contributed by atoms with Crippen LogP contribution >= 0.6 is 0 Å². The maximum atomic E-state index is 11.1. The van der Waals surface area contributed by atoms with Gasteiger partial charge in [0.25, 0.3) is 0 Å². The summed E-state index contributed by atoms with van der Waals surface area (Å²) in [5.74, 6) is 0.591. The van der Waals surface area contributed by atoms with E-state index in [9.17, 15) is 9.59 Å². The van der Waals surface area contributed by atoms with Crippen LogP contribution in [0.5, 0.6) is 11.5 Å². The Morgan fingerprint density at radius 3 is 1.50 bits per heavy atom. The van der Waals surface area contributed by atoms with Gasteiger partial charge in [-0.1, -0.05) is 67.8 Å².